The van der Waals surface area contributed by atoms with Crippen LogP contribution in [-0.4, -0.2) is 75.5 Å². The van der Waals surface area contributed by atoms with Crippen LogP contribution in [0.1, 0.15) is 194 Å². The maximum atomic E-state index is 12.8. The molecule has 67 heavy (non-hydrogen) atoms. The van der Waals surface area contributed by atoms with Crippen LogP contribution in [-0.2, 0) is 28.6 Å². The molecule has 0 aromatic heterocycles. The summed E-state index contributed by atoms with van der Waals surface area (Å²) in [5.41, 5.74) is 0. The predicted molar refractivity (Wildman–Crippen MR) is 281 cm³/mol. The van der Waals surface area contributed by atoms with Gasteiger partial charge in [-0.1, -0.05) is 187 Å². The van der Waals surface area contributed by atoms with Gasteiger partial charge in [-0.25, -0.2) is 0 Å². The molecular formula is C59H97NO7. The van der Waals surface area contributed by atoms with E-state index in [1.807, 2.05) is 0 Å². The predicted octanol–water partition coefficient (Wildman–Crippen LogP) is 14.3. The molecule has 0 aromatic carbocycles. The van der Waals surface area contributed by atoms with Crippen LogP contribution < -0.4 is 5.11 Å². The Balaban J connectivity index is 4.32. The number of carboxylic acids is 1. The van der Waals surface area contributed by atoms with Crippen molar-refractivity contribution >= 4 is 17.9 Å². The molecule has 380 valence electrons. The van der Waals surface area contributed by atoms with Crippen molar-refractivity contribution in [1.29, 1.82) is 0 Å². The number of nitrogens with zero attached hydrogens (tertiary/aromatic N) is 1. The summed E-state index contributed by atoms with van der Waals surface area (Å²) < 4.78 is 17.2. The van der Waals surface area contributed by atoms with Crippen LogP contribution in [0.25, 0.3) is 0 Å². The normalized spacial score (nSPS) is 13.7. The van der Waals surface area contributed by atoms with Gasteiger partial charge >= 0.3 is 11.9 Å². The molecule has 2 unspecified atom stereocenters. The second-order valence-electron chi connectivity index (χ2n) is 18.3. The van der Waals surface area contributed by atoms with Crippen molar-refractivity contribution in [2.75, 3.05) is 41.0 Å². The standard InChI is InChI=1S/C59H97NO7/c1-6-8-10-12-14-16-18-20-22-24-26-28-30-32-34-36-38-40-42-44-46-48-50-58(62)67-55(53-65-52-51-56(59(63)64)60(3,4)5)54-66-57(61)49-47-45-43-41-39-37-35-33-31-29-27-25-23-21-19-17-15-13-11-9-7-2/h8-11,14-17,20-23,26,28,32,34,38,40,55-56H,6-7,12-13,18-19,24-25,27,29-31,33,35-37,39,41-54H2,1-5H3/b10-8+,11-9+,16-14+,17-15+,22-20+,23-21+,28-26+,34-32+,40-38+. The van der Waals surface area contributed by atoms with Crippen LogP contribution in [0.15, 0.2) is 109 Å². The van der Waals surface area contributed by atoms with Gasteiger partial charge in [-0.05, 0) is 96.3 Å². The van der Waals surface area contributed by atoms with Gasteiger partial charge in [-0.3, -0.25) is 9.59 Å². The maximum absolute atomic E-state index is 12.8. The highest BCUT2D eigenvalue weighted by Crippen LogP contribution is 2.14. The molecule has 0 saturated heterocycles. The Bertz CT molecular complexity index is 1460. The first-order valence-electron chi connectivity index (χ1n) is 26.4. The zero-order valence-electron chi connectivity index (χ0n) is 43.3. The minimum Gasteiger partial charge on any atom is -0.544 e. The summed E-state index contributed by atoms with van der Waals surface area (Å²) in [5, 5.41) is 11.7. The molecule has 0 bridgehead atoms. The summed E-state index contributed by atoms with van der Waals surface area (Å²) >= 11 is 0. The molecule has 0 N–H and O–H groups in total. The molecule has 0 aliphatic heterocycles. The lowest BCUT2D eigenvalue weighted by Crippen LogP contribution is -2.55. The first-order valence-corrected chi connectivity index (χ1v) is 26.4. The van der Waals surface area contributed by atoms with Crippen LogP contribution in [0.2, 0.25) is 0 Å². The molecule has 8 nitrogen and oxygen atoms in total. The van der Waals surface area contributed by atoms with Crippen LogP contribution in [0.4, 0.5) is 0 Å². The first-order chi connectivity index (χ1) is 32.6. The number of hydrogen-bond acceptors (Lipinski definition) is 7. The van der Waals surface area contributed by atoms with E-state index in [1.165, 1.54) is 57.8 Å². The quantitative estimate of drug-likeness (QED) is 0.0259. The Hall–Kier alpha value is -4.01. The van der Waals surface area contributed by atoms with E-state index in [1.54, 1.807) is 21.1 Å². The Morgan fingerprint density at radius 3 is 1.18 bits per heavy atom. The summed E-state index contributed by atoms with van der Waals surface area (Å²) in [6.45, 7) is 4.40. The lowest BCUT2D eigenvalue weighted by atomic mass is 10.0. The van der Waals surface area contributed by atoms with Crippen LogP contribution in [0, 0.1) is 0 Å². The van der Waals surface area contributed by atoms with Crippen LogP contribution in [0.3, 0.4) is 0 Å². The Morgan fingerprint density at radius 2 is 0.791 bits per heavy atom. The summed E-state index contributed by atoms with van der Waals surface area (Å²) in [5.74, 6) is -1.79. The largest absolute Gasteiger partial charge is 0.544 e. The SMILES string of the molecule is CC/C=C/C/C=C/C/C=C/C/C=C/C/C=C/C/C=C/CCCCCC(=O)OC(COCCC(C(=O)[O-])[N+](C)(C)C)COC(=O)CCCCCCCCCCCCC/C=C/C/C=C/C/C=C/CC. The molecule has 0 aromatic rings. The van der Waals surface area contributed by atoms with E-state index < -0.39 is 18.1 Å². The molecule has 0 aliphatic rings. The van der Waals surface area contributed by atoms with Crippen molar-refractivity contribution in [2.45, 2.75) is 206 Å². The van der Waals surface area contributed by atoms with Crippen LogP contribution in [0.5, 0.6) is 0 Å². The molecule has 2 atom stereocenters. The van der Waals surface area contributed by atoms with Crippen molar-refractivity contribution in [2.24, 2.45) is 0 Å². The molecule has 0 amide bonds. The third kappa shape index (κ3) is 46.9. The van der Waals surface area contributed by atoms with Gasteiger partial charge in [-0.15, -0.1) is 0 Å². The van der Waals surface area contributed by atoms with Crippen molar-refractivity contribution < 1.29 is 38.2 Å². The molecular weight excluding hydrogens is 835 g/mol. The summed E-state index contributed by atoms with van der Waals surface area (Å²) in [7, 11) is 5.39. The number of aliphatic carboxylic acids is 1. The van der Waals surface area contributed by atoms with E-state index in [4.69, 9.17) is 14.2 Å². The number of ether oxygens (including phenoxy) is 3. The fraction of sp³-hybridized carbons (Fsp3) is 0.644. The highest BCUT2D eigenvalue weighted by atomic mass is 16.6. The average molecular weight is 932 g/mol. The fourth-order valence-corrected chi connectivity index (χ4v) is 7.15. The molecule has 0 aliphatic carbocycles. The van der Waals surface area contributed by atoms with Crippen molar-refractivity contribution in [3.8, 4) is 0 Å². The number of unbranched alkanes of at least 4 members (excludes halogenated alkanes) is 14. The van der Waals surface area contributed by atoms with Gasteiger partial charge < -0.3 is 28.6 Å². The smallest absolute Gasteiger partial charge is 0.306 e. The Kier molecular flexibility index (Phi) is 45.5. The van der Waals surface area contributed by atoms with Gasteiger partial charge in [0, 0.05) is 19.3 Å². The van der Waals surface area contributed by atoms with Crippen LogP contribution >= 0.6 is 0 Å². The average Bonchev–Trinajstić information content (AvgIpc) is 3.29. The highest BCUT2D eigenvalue weighted by molar-refractivity contribution is 5.70. The third-order valence-electron chi connectivity index (χ3n) is 11.2. The second-order valence-corrected chi connectivity index (χ2v) is 18.3. The van der Waals surface area contributed by atoms with Gasteiger partial charge in [0.1, 0.15) is 12.6 Å². The number of hydrogen-bond donors (Lipinski definition) is 0. The van der Waals surface area contributed by atoms with Gasteiger partial charge in [0.25, 0.3) is 0 Å². The lowest BCUT2D eigenvalue weighted by molar-refractivity contribution is -0.889. The fourth-order valence-electron chi connectivity index (χ4n) is 7.15. The third-order valence-corrected chi connectivity index (χ3v) is 11.2. The van der Waals surface area contributed by atoms with E-state index >= 15 is 0 Å². The maximum Gasteiger partial charge on any atom is 0.306 e. The molecule has 0 fully saturated rings. The molecule has 0 spiro atoms. The zero-order valence-corrected chi connectivity index (χ0v) is 43.3. The van der Waals surface area contributed by atoms with E-state index in [2.05, 4.69) is 123 Å². The molecule has 0 rings (SSSR count). The second kappa shape index (κ2) is 48.4. The first kappa shape index (κ1) is 63.0. The monoisotopic (exact) mass is 932 g/mol. The summed E-state index contributed by atoms with van der Waals surface area (Å²) in [4.78, 5) is 37.1. The Labute approximate surface area is 410 Å². The topological polar surface area (TPSA) is 102 Å². The van der Waals surface area contributed by atoms with E-state index in [-0.39, 0.29) is 49.1 Å². The van der Waals surface area contributed by atoms with Gasteiger partial charge in [0.05, 0.1) is 40.3 Å². The number of allylic oxidation sites excluding steroid dienone is 18. The molecule has 8 heteroatoms. The van der Waals surface area contributed by atoms with Crippen molar-refractivity contribution in [1.82, 2.24) is 0 Å². The van der Waals surface area contributed by atoms with Gasteiger partial charge in [-0.2, -0.15) is 0 Å². The number of carbonyl (C=O) groups is 3. The van der Waals surface area contributed by atoms with Gasteiger partial charge in [0.15, 0.2) is 6.10 Å². The van der Waals surface area contributed by atoms with Crippen molar-refractivity contribution in [3.05, 3.63) is 109 Å². The van der Waals surface area contributed by atoms with Gasteiger partial charge in [0.2, 0.25) is 0 Å². The van der Waals surface area contributed by atoms with E-state index in [0.29, 0.717) is 12.8 Å². The summed E-state index contributed by atoms with van der Waals surface area (Å²) in [6, 6.07) is -0.740. The minimum absolute atomic E-state index is 0.0196. The number of likely N-dealkylation sites (N-methyl/N-ethyl adjacent to an activating group) is 1. The molecule has 0 heterocycles. The number of carboxylic acid groups (broad SMARTS) is 1. The number of carbonyl (C=O) groups excluding carboxylic acids is 3. The minimum atomic E-state index is -1.13. The highest BCUT2D eigenvalue weighted by Gasteiger charge is 2.25. The lowest BCUT2D eigenvalue weighted by Gasteiger charge is -2.34. The number of quaternary nitrogens is 1. The van der Waals surface area contributed by atoms with E-state index in [9.17, 15) is 19.5 Å². The Morgan fingerprint density at radius 1 is 0.448 bits per heavy atom. The zero-order chi connectivity index (χ0) is 49.2. The number of rotatable bonds is 46. The van der Waals surface area contributed by atoms with E-state index in [0.717, 1.165) is 96.3 Å². The summed E-state index contributed by atoms with van der Waals surface area (Å²) in [6.07, 6.45) is 66.9. The molecule has 0 saturated carbocycles. The number of esters is 2. The molecule has 0 radical (unpaired) electrons. The van der Waals surface area contributed by atoms with Crippen molar-refractivity contribution in [3.63, 3.8) is 0 Å².